The number of rotatable bonds is 3. The molecule has 0 unspecified atom stereocenters. The van der Waals surface area contributed by atoms with Gasteiger partial charge in [0.25, 0.3) is 5.56 Å². The highest BCUT2D eigenvalue weighted by molar-refractivity contribution is 5.69. The fourth-order valence-corrected chi connectivity index (χ4v) is 1.000. The first-order valence-electron chi connectivity index (χ1n) is 3.70. The van der Waals surface area contributed by atoms with Crippen LogP contribution in [0.5, 0.6) is 0 Å². The number of amides is 1. The number of aromatic nitrogens is 4. The third-order valence-corrected chi connectivity index (χ3v) is 1.55. The zero-order valence-electron chi connectivity index (χ0n) is 6.87. The topological polar surface area (TPSA) is 116 Å². The summed E-state index contributed by atoms with van der Waals surface area (Å²) in [6.07, 6.45) is 1.79. The Morgan fingerprint density at radius 3 is 3.14 bits per heavy atom. The Hall–Kier alpha value is -2.38. The van der Waals surface area contributed by atoms with Crippen LogP contribution < -0.4 is 16.4 Å². The van der Waals surface area contributed by atoms with E-state index in [4.69, 9.17) is 0 Å². The van der Waals surface area contributed by atoms with E-state index in [2.05, 4.69) is 30.8 Å². The summed E-state index contributed by atoms with van der Waals surface area (Å²) >= 11 is 0. The van der Waals surface area contributed by atoms with Crippen molar-refractivity contribution in [3.63, 3.8) is 0 Å². The first-order valence-corrected chi connectivity index (χ1v) is 3.70. The maximum atomic E-state index is 11.3. The number of aromatic amines is 2. The van der Waals surface area contributed by atoms with Crippen LogP contribution in [0.4, 0.5) is 5.95 Å². The van der Waals surface area contributed by atoms with Crippen molar-refractivity contribution in [3.05, 3.63) is 16.7 Å². The van der Waals surface area contributed by atoms with Crippen LogP contribution in [0.1, 0.15) is 0 Å². The molecule has 0 aliphatic rings. The van der Waals surface area contributed by atoms with Crippen LogP contribution in [0.2, 0.25) is 0 Å². The molecule has 0 aliphatic heterocycles. The molecule has 1 amide bonds. The normalized spacial score (nSPS) is 10.0. The Bertz CT molecular complexity index is 514. The number of carbonyl (C=O) groups excluding carboxylic acids is 1. The minimum Gasteiger partial charge on any atom is -0.339 e. The fraction of sp³-hybridized carbons (Fsp3) is 0. The van der Waals surface area contributed by atoms with Crippen molar-refractivity contribution in [1.82, 2.24) is 25.4 Å². The number of hydrogen-bond donors (Lipinski definition) is 4. The molecule has 4 N–H and O–H groups in total. The first kappa shape index (κ1) is 8.23. The van der Waals surface area contributed by atoms with Gasteiger partial charge in [-0.3, -0.25) is 25.4 Å². The van der Waals surface area contributed by atoms with Gasteiger partial charge < -0.3 is 4.98 Å². The van der Waals surface area contributed by atoms with Crippen molar-refractivity contribution < 1.29 is 4.79 Å². The van der Waals surface area contributed by atoms with E-state index in [-0.39, 0.29) is 17.2 Å². The molecule has 8 nitrogen and oxygen atoms in total. The Kier molecular flexibility index (Phi) is 1.86. The summed E-state index contributed by atoms with van der Waals surface area (Å²) in [5, 5.41) is 0. The summed E-state index contributed by atoms with van der Waals surface area (Å²) in [4.78, 5) is 34.0. The Morgan fingerprint density at radius 2 is 2.36 bits per heavy atom. The lowest BCUT2D eigenvalue weighted by molar-refractivity contribution is -0.109. The summed E-state index contributed by atoms with van der Waals surface area (Å²) in [7, 11) is 0. The molecule has 0 bridgehead atoms. The van der Waals surface area contributed by atoms with Crippen LogP contribution in [-0.4, -0.2) is 26.3 Å². The van der Waals surface area contributed by atoms with Crippen LogP contribution >= 0.6 is 0 Å². The van der Waals surface area contributed by atoms with Gasteiger partial charge in [-0.1, -0.05) is 0 Å². The van der Waals surface area contributed by atoms with Crippen molar-refractivity contribution in [2.45, 2.75) is 0 Å². The van der Waals surface area contributed by atoms with E-state index in [0.29, 0.717) is 11.9 Å². The van der Waals surface area contributed by atoms with Crippen LogP contribution in [0.15, 0.2) is 11.1 Å². The van der Waals surface area contributed by atoms with Crippen molar-refractivity contribution in [2.75, 3.05) is 5.43 Å². The summed E-state index contributed by atoms with van der Waals surface area (Å²) in [5.74, 6) is 0.127. The third-order valence-electron chi connectivity index (χ3n) is 1.55. The average Bonchev–Trinajstić information content (AvgIpc) is 2.63. The fourth-order valence-electron chi connectivity index (χ4n) is 1.000. The SMILES string of the molecule is O=CNNc1nc2nc[nH]c2c(=O)[nH]1. The van der Waals surface area contributed by atoms with Gasteiger partial charge in [-0.05, 0) is 0 Å². The van der Waals surface area contributed by atoms with Gasteiger partial charge in [-0.15, -0.1) is 0 Å². The molecule has 0 aliphatic carbocycles. The highest BCUT2D eigenvalue weighted by Crippen LogP contribution is 2.00. The van der Waals surface area contributed by atoms with E-state index in [1.807, 2.05) is 0 Å². The Morgan fingerprint density at radius 1 is 1.50 bits per heavy atom. The largest absolute Gasteiger partial charge is 0.339 e. The predicted octanol–water partition coefficient (Wildman–Crippen LogP) is -1.28. The molecule has 2 aromatic rings. The molecule has 0 saturated heterocycles. The number of imidazole rings is 1. The molecule has 2 aromatic heterocycles. The number of carbonyl (C=O) groups is 1. The van der Waals surface area contributed by atoms with Gasteiger partial charge in [0.05, 0.1) is 6.33 Å². The van der Waals surface area contributed by atoms with Crippen molar-refractivity contribution in [1.29, 1.82) is 0 Å². The minimum absolute atomic E-state index is 0.127. The lowest BCUT2D eigenvalue weighted by atomic mass is 10.5. The molecule has 72 valence electrons. The van der Waals surface area contributed by atoms with Gasteiger partial charge in [0.2, 0.25) is 12.4 Å². The molecule has 2 heterocycles. The van der Waals surface area contributed by atoms with Crippen LogP contribution in [0, 0.1) is 0 Å². The van der Waals surface area contributed by atoms with Crippen LogP contribution in [0.3, 0.4) is 0 Å². The smallest absolute Gasteiger partial charge is 0.278 e. The maximum absolute atomic E-state index is 11.3. The van der Waals surface area contributed by atoms with Crippen LogP contribution in [-0.2, 0) is 4.79 Å². The van der Waals surface area contributed by atoms with Gasteiger partial charge in [0.15, 0.2) is 11.2 Å². The van der Waals surface area contributed by atoms with E-state index in [9.17, 15) is 9.59 Å². The quantitative estimate of drug-likeness (QED) is 0.358. The number of fused-ring (bicyclic) bond motifs is 1. The molecule has 0 radical (unpaired) electrons. The van der Waals surface area contributed by atoms with E-state index >= 15 is 0 Å². The van der Waals surface area contributed by atoms with E-state index in [1.54, 1.807) is 0 Å². The zero-order chi connectivity index (χ0) is 9.97. The highest BCUT2D eigenvalue weighted by Gasteiger charge is 2.04. The average molecular weight is 194 g/mol. The summed E-state index contributed by atoms with van der Waals surface area (Å²) in [6.45, 7) is 0. The predicted molar refractivity (Wildman–Crippen MR) is 47.3 cm³/mol. The Labute approximate surface area is 76.7 Å². The molecule has 8 heteroatoms. The third kappa shape index (κ3) is 1.28. The second kappa shape index (κ2) is 3.17. The minimum atomic E-state index is -0.359. The lowest BCUT2D eigenvalue weighted by Gasteiger charge is -2.00. The van der Waals surface area contributed by atoms with Gasteiger partial charge in [-0.2, -0.15) is 4.98 Å². The van der Waals surface area contributed by atoms with E-state index in [0.717, 1.165) is 0 Å². The number of anilines is 1. The summed E-state index contributed by atoms with van der Waals surface area (Å²) < 4.78 is 0. The lowest BCUT2D eigenvalue weighted by Crippen LogP contribution is -2.23. The maximum Gasteiger partial charge on any atom is 0.278 e. The summed E-state index contributed by atoms with van der Waals surface area (Å²) in [6, 6.07) is 0. The van der Waals surface area contributed by atoms with Gasteiger partial charge in [0, 0.05) is 0 Å². The molecule has 0 fully saturated rings. The zero-order valence-corrected chi connectivity index (χ0v) is 6.87. The molecular weight excluding hydrogens is 188 g/mol. The number of H-pyrrole nitrogens is 2. The second-order valence-electron chi connectivity index (χ2n) is 2.40. The highest BCUT2D eigenvalue weighted by atomic mass is 16.1. The molecule has 14 heavy (non-hydrogen) atoms. The van der Waals surface area contributed by atoms with Crippen molar-refractivity contribution >= 4 is 23.5 Å². The van der Waals surface area contributed by atoms with E-state index in [1.165, 1.54) is 6.33 Å². The molecular formula is C6H6N6O2. The molecule has 0 spiro atoms. The van der Waals surface area contributed by atoms with Gasteiger partial charge in [-0.25, -0.2) is 4.98 Å². The van der Waals surface area contributed by atoms with Crippen molar-refractivity contribution in [2.24, 2.45) is 0 Å². The number of hydrogen-bond acceptors (Lipinski definition) is 5. The monoisotopic (exact) mass is 194 g/mol. The van der Waals surface area contributed by atoms with Crippen LogP contribution in [0.25, 0.3) is 11.2 Å². The van der Waals surface area contributed by atoms with Crippen molar-refractivity contribution in [3.8, 4) is 0 Å². The second-order valence-corrected chi connectivity index (χ2v) is 2.40. The summed E-state index contributed by atoms with van der Waals surface area (Å²) in [5.41, 5.74) is 4.74. The first-order chi connectivity index (χ1) is 6.81. The van der Waals surface area contributed by atoms with E-state index < -0.39 is 0 Å². The molecule has 0 aromatic carbocycles. The Balaban J connectivity index is 2.47. The van der Waals surface area contributed by atoms with Gasteiger partial charge in [0.1, 0.15) is 0 Å². The molecule has 0 saturated carbocycles. The van der Waals surface area contributed by atoms with Gasteiger partial charge >= 0.3 is 0 Å². The molecule has 0 atom stereocenters. The number of hydrazine groups is 1. The number of nitrogens with one attached hydrogen (secondary N) is 4. The number of nitrogens with zero attached hydrogens (tertiary/aromatic N) is 2. The molecule has 2 rings (SSSR count). The standard InChI is InChI=1S/C6H6N6O2/c13-2-9-12-6-10-4-3(5(14)11-6)7-1-8-4/h1-2H,(H,9,13)(H3,7,8,10,11,12,14).